The molecular weight excluding hydrogens is 409 g/mol. The second-order valence-corrected chi connectivity index (χ2v) is 8.71. The van der Waals surface area contributed by atoms with Gasteiger partial charge < -0.3 is 0 Å². The van der Waals surface area contributed by atoms with Gasteiger partial charge in [-0.05, 0) is 43.2 Å². The minimum Gasteiger partial charge on any atom is -0.296 e. The smallest absolute Gasteiger partial charge is 0.257 e. The summed E-state index contributed by atoms with van der Waals surface area (Å²) in [6.07, 6.45) is 0. The zero-order valence-corrected chi connectivity index (χ0v) is 17.2. The first-order valence-electron chi connectivity index (χ1n) is 7.71. The Balaban J connectivity index is 1.64. The van der Waals surface area contributed by atoms with Gasteiger partial charge in [-0.25, -0.2) is 0 Å². The van der Waals surface area contributed by atoms with Crippen molar-refractivity contribution in [1.82, 2.24) is 10.2 Å². The molecule has 0 fully saturated rings. The Morgan fingerprint density at radius 1 is 1.15 bits per heavy atom. The highest BCUT2D eigenvalue weighted by Gasteiger charge is 2.13. The molecule has 0 saturated carbocycles. The Hall–Kier alpha value is -1.60. The molecular formula is C18H15Cl2N3OS2. The van der Waals surface area contributed by atoms with Crippen molar-refractivity contribution in [2.75, 3.05) is 5.32 Å². The van der Waals surface area contributed by atoms with E-state index in [1.54, 1.807) is 12.1 Å². The van der Waals surface area contributed by atoms with Crippen LogP contribution in [0.25, 0.3) is 0 Å². The van der Waals surface area contributed by atoms with Crippen molar-refractivity contribution in [1.29, 1.82) is 0 Å². The fraction of sp³-hybridized carbons (Fsp3) is 0.167. The first-order chi connectivity index (χ1) is 12.4. The predicted molar refractivity (Wildman–Crippen MR) is 110 cm³/mol. The number of aromatic nitrogens is 2. The highest BCUT2D eigenvalue weighted by molar-refractivity contribution is 8.00. The van der Waals surface area contributed by atoms with Crippen LogP contribution in [0.5, 0.6) is 0 Å². The number of amides is 1. The summed E-state index contributed by atoms with van der Waals surface area (Å²) in [5.41, 5.74) is 3.57. The van der Waals surface area contributed by atoms with E-state index < -0.39 is 0 Å². The molecule has 0 aliphatic heterocycles. The number of thioether (sulfide) groups is 1. The van der Waals surface area contributed by atoms with Gasteiger partial charge in [0.25, 0.3) is 5.91 Å². The highest BCUT2D eigenvalue weighted by atomic mass is 35.5. The summed E-state index contributed by atoms with van der Waals surface area (Å²) in [6.45, 7) is 3.86. The van der Waals surface area contributed by atoms with E-state index in [4.69, 9.17) is 23.2 Å². The second kappa shape index (κ2) is 8.39. The molecule has 0 aliphatic rings. The minimum atomic E-state index is -0.181. The van der Waals surface area contributed by atoms with E-state index >= 15 is 0 Å². The number of hydrogen-bond donors (Lipinski definition) is 1. The lowest BCUT2D eigenvalue weighted by molar-refractivity contribution is 0.102. The van der Waals surface area contributed by atoms with Gasteiger partial charge in [-0.2, -0.15) is 0 Å². The molecule has 3 aromatic rings. The first kappa shape index (κ1) is 19.2. The van der Waals surface area contributed by atoms with Crippen LogP contribution in [-0.2, 0) is 5.75 Å². The molecule has 1 heterocycles. The molecule has 0 unspecified atom stereocenters. The number of anilines is 1. The van der Waals surface area contributed by atoms with Crippen LogP contribution in [0.2, 0.25) is 10.0 Å². The predicted octanol–water partition coefficient (Wildman–Crippen LogP) is 6.01. The number of nitrogens with one attached hydrogen (secondary N) is 1. The summed E-state index contributed by atoms with van der Waals surface area (Å²) < 4.78 is 0.757. The molecule has 0 radical (unpaired) electrons. The van der Waals surface area contributed by atoms with Gasteiger partial charge in [0.05, 0.1) is 0 Å². The van der Waals surface area contributed by atoms with Gasteiger partial charge in [0.2, 0.25) is 5.13 Å². The molecule has 0 aliphatic carbocycles. The number of benzene rings is 2. The Morgan fingerprint density at radius 2 is 1.96 bits per heavy atom. The third-order valence-corrected chi connectivity index (χ3v) is 6.24. The Kier molecular flexibility index (Phi) is 6.19. The molecule has 0 saturated heterocycles. The number of rotatable bonds is 5. The van der Waals surface area contributed by atoms with Crippen LogP contribution in [0.15, 0.2) is 40.7 Å². The van der Waals surface area contributed by atoms with Crippen molar-refractivity contribution in [3.63, 3.8) is 0 Å². The summed E-state index contributed by atoms with van der Waals surface area (Å²) >= 11 is 14.9. The normalized spacial score (nSPS) is 10.8. The van der Waals surface area contributed by atoms with E-state index in [2.05, 4.69) is 15.5 Å². The van der Waals surface area contributed by atoms with Gasteiger partial charge >= 0.3 is 0 Å². The average molecular weight is 424 g/mol. The van der Waals surface area contributed by atoms with Gasteiger partial charge in [-0.1, -0.05) is 70.1 Å². The number of carbonyl (C=O) groups is 1. The van der Waals surface area contributed by atoms with Gasteiger partial charge in [0, 0.05) is 21.4 Å². The zero-order valence-electron chi connectivity index (χ0n) is 14.0. The van der Waals surface area contributed by atoms with Crippen molar-refractivity contribution in [3.8, 4) is 0 Å². The fourth-order valence-corrected chi connectivity index (χ4v) is 4.55. The van der Waals surface area contributed by atoms with Crippen LogP contribution in [0.3, 0.4) is 0 Å². The topological polar surface area (TPSA) is 54.9 Å². The summed E-state index contributed by atoms with van der Waals surface area (Å²) in [5, 5.41) is 12.7. The van der Waals surface area contributed by atoms with Crippen LogP contribution in [-0.4, -0.2) is 16.1 Å². The monoisotopic (exact) mass is 423 g/mol. The van der Waals surface area contributed by atoms with E-state index in [0.717, 1.165) is 21.0 Å². The second-order valence-electron chi connectivity index (χ2n) is 5.67. The summed E-state index contributed by atoms with van der Waals surface area (Å²) in [7, 11) is 0. The third-order valence-electron chi connectivity index (χ3n) is 3.63. The summed E-state index contributed by atoms with van der Waals surface area (Å²) in [6, 6.07) is 11.2. The zero-order chi connectivity index (χ0) is 18.7. The van der Waals surface area contributed by atoms with Crippen LogP contribution in [0.4, 0.5) is 5.13 Å². The minimum absolute atomic E-state index is 0.181. The van der Waals surface area contributed by atoms with E-state index in [-0.39, 0.29) is 5.91 Å². The molecule has 1 aromatic heterocycles. The molecule has 3 rings (SSSR count). The maximum atomic E-state index is 12.4. The van der Waals surface area contributed by atoms with Gasteiger partial charge in [-0.15, -0.1) is 10.2 Å². The maximum absolute atomic E-state index is 12.4. The number of aryl methyl sites for hydroxylation is 2. The molecule has 26 heavy (non-hydrogen) atoms. The SMILES string of the molecule is Cc1ccc(C)c(C(=O)Nc2nnc(SCc3ccc(Cl)cc3Cl)s2)c1. The van der Waals surface area contributed by atoms with E-state index in [1.165, 1.54) is 23.1 Å². The van der Waals surface area contributed by atoms with Gasteiger partial charge in [-0.3, -0.25) is 10.1 Å². The number of hydrogen-bond acceptors (Lipinski definition) is 5. The van der Waals surface area contributed by atoms with Crippen molar-refractivity contribution in [2.24, 2.45) is 0 Å². The lowest BCUT2D eigenvalue weighted by atomic mass is 10.1. The van der Waals surface area contributed by atoms with Gasteiger partial charge in [0.1, 0.15) is 0 Å². The summed E-state index contributed by atoms with van der Waals surface area (Å²) in [4.78, 5) is 12.4. The number of nitrogens with zero attached hydrogens (tertiary/aromatic N) is 2. The van der Waals surface area contributed by atoms with E-state index in [0.29, 0.717) is 26.5 Å². The van der Waals surface area contributed by atoms with Crippen molar-refractivity contribution in [2.45, 2.75) is 23.9 Å². The Morgan fingerprint density at radius 3 is 2.73 bits per heavy atom. The lowest BCUT2D eigenvalue weighted by Crippen LogP contribution is -2.13. The highest BCUT2D eigenvalue weighted by Crippen LogP contribution is 2.31. The molecule has 134 valence electrons. The van der Waals surface area contributed by atoms with E-state index in [1.807, 2.05) is 38.1 Å². The van der Waals surface area contributed by atoms with Crippen LogP contribution in [0.1, 0.15) is 27.0 Å². The molecule has 2 aromatic carbocycles. The molecule has 1 amide bonds. The Labute approximate surface area is 169 Å². The van der Waals surface area contributed by atoms with Crippen molar-refractivity contribution in [3.05, 3.63) is 68.7 Å². The number of halogens is 2. The molecule has 4 nitrogen and oxygen atoms in total. The maximum Gasteiger partial charge on any atom is 0.257 e. The van der Waals surface area contributed by atoms with Crippen LogP contribution in [0, 0.1) is 13.8 Å². The van der Waals surface area contributed by atoms with Gasteiger partial charge in [0.15, 0.2) is 4.34 Å². The largest absolute Gasteiger partial charge is 0.296 e. The van der Waals surface area contributed by atoms with Crippen LogP contribution >= 0.6 is 46.3 Å². The number of carbonyl (C=O) groups excluding carboxylic acids is 1. The first-order valence-corrected chi connectivity index (χ1v) is 10.3. The van der Waals surface area contributed by atoms with Crippen molar-refractivity contribution >= 4 is 57.3 Å². The molecule has 0 atom stereocenters. The standard InChI is InChI=1S/C18H15Cl2N3OS2/c1-10-3-4-11(2)14(7-10)16(24)21-17-22-23-18(26-17)25-9-12-5-6-13(19)8-15(12)20/h3-8H,9H2,1-2H3,(H,21,22,24). The lowest BCUT2D eigenvalue weighted by Gasteiger charge is -2.06. The Bertz CT molecular complexity index is 959. The molecule has 8 heteroatoms. The van der Waals surface area contributed by atoms with E-state index in [9.17, 15) is 4.79 Å². The fourth-order valence-electron chi connectivity index (χ4n) is 2.24. The van der Waals surface area contributed by atoms with Crippen molar-refractivity contribution < 1.29 is 4.79 Å². The molecule has 1 N–H and O–H groups in total. The quantitative estimate of drug-likeness (QED) is 0.403. The summed E-state index contributed by atoms with van der Waals surface area (Å²) in [5.74, 6) is 0.467. The average Bonchev–Trinajstić information content (AvgIpc) is 3.03. The van der Waals surface area contributed by atoms with Crippen LogP contribution < -0.4 is 5.32 Å². The molecule has 0 spiro atoms. The molecule has 0 bridgehead atoms. The third kappa shape index (κ3) is 4.76.